The molecule has 7 heteroatoms. The second kappa shape index (κ2) is 4.91. The number of hydrogen-bond donors (Lipinski definition) is 1. The Bertz CT molecular complexity index is 326. The van der Waals surface area contributed by atoms with E-state index in [1.807, 2.05) is 0 Å². The lowest BCUT2D eigenvalue weighted by atomic mass is 9.95. The molecule has 1 fully saturated rings. The summed E-state index contributed by atoms with van der Waals surface area (Å²) in [6, 6.07) is -0.431. The van der Waals surface area contributed by atoms with Crippen LogP contribution in [0.3, 0.4) is 0 Å². The molecule has 0 bridgehead atoms. The van der Waals surface area contributed by atoms with Gasteiger partial charge in [-0.05, 0) is 25.2 Å². The molecule has 0 amide bonds. The maximum absolute atomic E-state index is 11.9. The summed E-state index contributed by atoms with van der Waals surface area (Å²) in [5.41, 5.74) is 5.70. The zero-order valence-electron chi connectivity index (χ0n) is 8.83. The summed E-state index contributed by atoms with van der Waals surface area (Å²) in [6.45, 7) is 0. The van der Waals surface area contributed by atoms with Gasteiger partial charge in [0.05, 0.1) is 11.5 Å². The molecule has 96 valence electrons. The molecule has 0 saturated carbocycles. The minimum absolute atomic E-state index is 0.0266. The molecular weight excluding hydrogens is 243 g/mol. The molecule has 0 radical (unpaired) electrons. The van der Waals surface area contributed by atoms with Gasteiger partial charge in [-0.1, -0.05) is 0 Å². The summed E-state index contributed by atoms with van der Waals surface area (Å²) in [5.74, 6) is -0.0246. The Morgan fingerprint density at radius 1 is 1.38 bits per heavy atom. The van der Waals surface area contributed by atoms with E-state index in [2.05, 4.69) is 0 Å². The predicted octanol–water partition coefficient (Wildman–Crippen LogP) is 1.48. The first-order valence-corrected chi connectivity index (χ1v) is 7.04. The first-order chi connectivity index (χ1) is 7.20. The smallest absolute Gasteiger partial charge is 0.327 e. The molecule has 1 aliphatic rings. The fraction of sp³-hybridized carbons (Fsp3) is 1.00. The van der Waals surface area contributed by atoms with Crippen LogP contribution in [0.4, 0.5) is 13.2 Å². The Hall–Kier alpha value is -0.300. The Labute approximate surface area is 93.1 Å². The molecule has 1 aliphatic heterocycles. The van der Waals surface area contributed by atoms with E-state index in [0.717, 1.165) is 0 Å². The largest absolute Gasteiger partial charge is 0.389 e. The van der Waals surface area contributed by atoms with Crippen LogP contribution < -0.4 is 5.73 Å². The zero-order chi connectivity index (χ0) is 12.4. The van der Waals surface area contributed by atoms with Crippen molar-refractivity contribution >= 4 is 9.84 Å². The van der Waals surface area contributed by atoms with Gasteiger partial charge in [0.2, 0.25) is 0 Å². The lowest BCUT2D eigenvalue weighted by Crippen LogP contribution is -2.31. The Kier molecular flexibility index (Phi) is 4.23. The molecule has 1 heterocycles. The lowest BCUT2D eigenvalue weighted by Gasteiger charge is -2.17. The van der Waals surface area contributed by atoms with Crippen molar-refractivity contribution in [3.63, 3.8) is 0 Å². The van der Waals surface area contributed by atoms with Gasteiger partial charge in [-0.25, -0.2) is 8.42 Å². The van der Waals surface area contributed by atoms with Crippen LogP contribution in [-0.2, 0) is 9.84 Å². The van der Waals surface area contributed by atoms with Crippen molar-refractivity contribution in [2.75, 3.05) is 11.5 Å². The third kappa shape index (κ3) is 4.69. The van der Waals surface area contributed by atoms with Gasteiger partial charge in [0.1, 0.15) is 0 Å². The van der Waals surface area contributed by atoms with E-state index in [1.165, 1.54) is 0 Å². The van der Waals surface area contributed by atoms with Gasteiger partial charge in [0.15, 0.2) is 9.84 Å². The van der Waals surface area contributed by atoms with Gasteiger partial charge >= 0.3 is 6.18 Å². The summed E-state index contributed by atoms with van der Waals surface area (Å²) in [4.78, 5) is 0. The summed E-state index contributed by atoms with van der Waals surface area (Å²) in [7, 11) is -3.00. The molecule has 0 aromatic carbocycles. The summed E-state index contributed by atoms with van der Waals surface area (Å²) < 4.78 is 57.9. The summed E-state index contributed by atoms with van der Waals surface area (Å²) in [6.07, 6.45) is -4.31. The number of rotatable bonds is 4. The second-order valence-corrected chi connectivity index (χ2v) is 6.56. The van der Waals surface area contributed by atoms with Crippen LogP contribution in [0, 0.1) is 5.92 Å². The van der Waals surface area contributed by atoms with Crippen LogP contribution in [0.5, 0.6) is 0 Å². The van der Waals surface area contributed by atoms with Crippen molar-refractivity contribution in [1.82, 2.24) is 0 Å². The highest BCUT2D eigenvalue weighted by atomic mass is 32.2. The number of nitrogens with two attached hydrogens (primary N) is 1. The maximum atomic E-state index is 11.9. The van der Waals surface area contributed by atoms with Gasteiger partial charge < -0.3 is 5.73 Å². The van der Waals surface area contributed by atoms with Crippen LogP contribution in [-0.4, -0.2) is 32.1 Å². The molecule has 3 nitrogen and oxygen atoms in total. The maximum Gasteiger partial charge on any atom is 0.389 e. The summed E-state index contributed by atoms with van der Waals surface area (Å²) >= 11 is 0. The highest BCUT2D eigenvalue weighted by molar-refractivity contribution is 7.91. The normalized spacial score (nSPS) is 26.9. The highest BCUT2D eigenvalue weighted by Gasteiger charge is 2.33. The number of halogens is 3. The van der Waals surface area contributed by atoms with Crippen molar-refractivity contribution in [1.29, 1.82) is 0 Å². The van der Waals surface area contributed by atoms with E-state index in [-0.39, 0.29) is 30.3 Å². The molecule has 1 saturated heterocycles. The minimum Gasteiger partial charge on any atom is -0.327 e. The van der Waals surface area contributed by atoms with Gasteiger partial charge in [-0.3, -0.25) is 0 Å². The molecule has 0 aliphatic carbocycles. The van der Waals surface area contributed by atoms with Crippen LogP contribution in [0.2, 0.25) is 0 Å². The van der Waals surface area contributed by atoms with Crippen molar-refractivity contribution < 1.29 is 21.6 Å². The fourth-order valence-corrected chi connectivity index (χ4v) is 3.83. The molecule has 0 aromatic heterocycles. The molecule has 0 spiro atoms. The first kappa shape index (κ1) is 13.8. The van der Waals surface area contributed by atoms with E-state index in [4.69, 9.17) is 5.73 Å². The SMILES string of the molecule is NC(CCCC(F)(F)F)C1CCS(=O)(=O)C1. The van der Waals surface area contributed by atoms with E-state index < -0.39 is 28.5 Å². The fourth-order valence-electron chi connectivity index (χ4n) is 1.94. The first-order valence-electron chi connectivity index (χ1n) is 5.22. The third-order valence-corrected chi connectivity index (χ3v) is 4.66. The molecule has 16 heavy (non-hydrogen) atoms. The lowest BCUT2D eigenvalue weighted by molar-refractivity contribution is -0.135. The quantitative estimate of drug-likeness (QED) is 0.832. The molecular formula is C9H16F3NO2S. The molecule has 0 aromatic rings. The third-order valence-electron chi connectivity index (χ3n) is 2.87. The van der Waals surface area contributed by atoms with Crippen molar-refractivity contribution in [2.45, 2.75) is 37.9 Å². The Morgan fingerprint density at radius 2 is 2.00 bits per heavy atom. The van der Waals surface area contributed by atoms with Crippen LogP contribution in [0.15, 0.2) is 0 Å². The van der Waals surface area contributed by atoms with Crippen LogP contribution in [0.1, 0.15) is 25.7 Å². The van der Waals surface area contributed by atoms with Crippen molar-refractivity contribution in [3.05, 3.63) is 0 Å². The Balaban J connectivity index is 2.29. The Morgan fingerprint density at radius 3 is 2.44 bits per heavy atom. The highest BCUT2D eigenvalue weighted by Crippen LogP contribution is 2.26. The number of hydrogen-bond acceptors (Lipinski definition) is 3. The monoisotopic (exact) mass is 259 g/mol. The molecule has 1 rings (SSSR count). The van der Waals surface area contributed by atoms with Crippen LogP contribution in [0.25, 0.3) is 0 Å². The van der Waals surface area contributed by atoms with Gasteiger partial charge in [0, 0.05) is 12.5 Å². The topological polar surface area (TPSA) is 60.2 Å². The average Bonchev–Trinajstić information content (AvgIpc) is 2.43. The van der Waals surface area contributed by atoms with E-state index in [0.29, 0.717) is 6.42 Å². The minimum atomic E-state index is -4.15. The van der Waals surface area contributed by atoms with Crippen LogP contribution >= 0.6 is 0 Å². The summed E-state index contributed by atoms with van der Waals surface area (Å²) in [5, 5.41) is 0. The van der Waals surface area contributed by atoms with Gasteiger partial charge in [-0.2, -0.15) is 13.2 Å². The molecule has 2 N–H and O–H groups in total. The van der Waals surface area contributed by atoms with Gasteiger partial charge in [0.25, 0.3) is 0 Å². The van der Waals surface area contributed by atoms with E-state index in [9.17, 15) is 21.6 Å². The molecule has 2 unspecified atom stereocenters. The standard InChI is InChI=1S/C9H16F3NO2S/c10-9(11,12)4-1-2-8(13)7-3-5-16(14,15)6-7/h7-8H,1-6,13H2. The van der Waals surface area contributed by atoms with E-state index >= 15 is 0 Å². The average molecular weight is 259 g/mol. The number of sulfone groups is 1. The molecule has 2 atom stereocenters. The number of alkyl halides is 3. The van der Waals surface area contributed by atoms with Gasteiger partial charge in [-0.15, -0.1) is 0 Å². The van der Waals surface area contributed by atoms with Crippen molar-refractivity contribution in [2.24, 2.45) is 11.7 Å². The second-order valence-electron chi connectivity index (χ2n) is 4.33. The van der Waals surface area contributed by atoms with Crippen molar-refractivity contribution in [3.8, 4) is 0 Å². The predicted molar refractivity (Wildman–Crippen MR) is 54.6 cm³/mol. The van der Waals surface area contributed by atoms with E-state index in [1.54, 1.807) is 0 Å². The zero-order valence-corrected chi connectivity index (χ0v) is 9.65.